The van der Waals surface area contributed by atoms with Crippen molar-refractivity contribution < 1.29 is 4.43 Å². The standard InChI is InChI=1S/C13H23OSi.Li/c1-9-10(2)12(14-15(6)7)8-11(9)13(3,4)5;/h11,15H,1-7H3;. The van der Waals surface area contributed by atoms with Crippen molar-refractivity contribution in [3.8, 4) is 0 Å². The molecule has 0 saturated heterocycles. The van der Waals surface area contributed by atoms with Crippen LogP contribution in [-0.2, 0) is 4.43 Å². The SMILES string of the molecule is [Li][C]1=C(O[SiH](C)C)C(C)=C(C)C1C(C)(C)C. The van der Waals surface area contributed by atoms with Crippen molar-refractivity contribution in [3.63, 3.8) is 0 Å². The van der Waals surface area contributed by atoms with E-state index in [1.54, 1.807) is 0 Å². The summed E-state index contributed by atoms with van der Waals surface area (Å²) in [6.07, 6.45) is 0. The van der Waals surface area contributed by atoms with Crippen LogP contribution in [0.15, 0.2) is 21.2 Å². The van der Waals surface area contributed by atoms with Crippen LogP contribution in [0, 0.1) is 11.3 Å². The Hall–Kier alpha value is 0.0943. The van der Waals surface area contributed by atoms with E-state index in [0.29, 0.717) is 11.3 Å². The summed E-state index contributed by atoms with van der Waals surface area (Å²) in [5.41, 5.74) is 3.16. The van der Waals surface area contributed by atoms with Crippen LogP contribution >= 0.6 is 0 Å². The first-order valence-corrected chi connectivity index (χ1v) is 8.99. The summed E-state index contributed by atoms with van der Waals surface area (Å²) in [6.45, 7) is 15.9. The van der Waals surface area contributed by atoms with Crippen LogP contribution in [0.25, 0.3) is 0 Å². The predicted octanol–water partition coefficient (Wildman–Crippen LogP) is 3.38. The molecular formula is C13H23LiOSi. The zero-order valence-corrected chi connectivity index (χ0v) is 13.2. The summed E-state index contributed by atoms with van der Waals surface area (Å²) in [7, 11) is -1.00. The van der Waals surface area contributed by atoms with Crippen LogP contribution in [-0.4, -0.2) is 26.8 Å². The van der Waals surface area contributed by atoms with Gasteiger partial charge in [-0.3, -0.25) is 0 Å². The summed E-state index contributed by atoms with van der Waals surface area (Å²) >= 11 is 2.24. The van der Waals surface area contributed by atoms with Crippen molar-refractivity contribution >= 4 is 26.8 Å². The van der Waals surface area contributed by atoms with E-state index in [9.17, 15) is 0 Å². The monoisotopic (exact) mass is 230 g/mol. The van der Waals surface area contributed by atoms with E-state index in [0.717, 1.165) is 0 Å². The van der Waals surface area contributed by atoms with Gasteiger partial charge in [0, 0.05) is 0 Å². The topological polar surface area (TPSA) is 9.23 Å². The van der Waals surface area contributed by atoms with Gasteiger partial charge in [0.2, 0.25) is 0 Å². The molecule has 0 amide bonds. The molecule has 0 spiro atoms. The Balaban J connectivity index is 3.14. The second-order valence-corrected chi connectivity index (χ2v) is 8.62. The molecule has 16 heavy (non-hydrogen) atoms. The summed E-state index contributed by atoms with van der Waals surface area (Å²) < 4.78 is 7.53. The molecule has 1 atom stereocenters. The Bertz CT molecular complexity index is 347. The second kappa shape index (κ2) is 4.76. The van der Waals surface area contributed by atoms with Crippen LogP contribution < -0.4 is 0 Å². The van der Waals surface area contributed by atoms with Gasteiger partial charge in [0.05, 0.1) is 0 Å². The van der Waals surface area contributed by atoms with Crippen molar-refractivity contribution in [1.82, 2.24) is 0 Å². The molecule has 1 nitrogen and oxygen atoms in total. The number of allylic oxidation sites excluding steroid dienone is 3. The van der Waals surface area contributed by atoms with Crippen molar-refractivity contribution in [3.05, 3.63) is 21.2 Å². The Kier molecular flexibility index (Phi) is 4.21. The summed E-state index contributed by atoms with van der Waals surface area (Å²) in [5.74, 6) is 1.74. The summed E-state index contributed by atoms with van der Waals surface area (Å²) in [4.78, 5) is 0. The molecule has 1 rings (SSSR count). The molecule has 0 aromatic heterocycles. The van der Waals surface area contributed by atoms with Gasteiger partial charge in [-0.25, -0.2) is 0 Å². The minimum atomic E-state index is -1.00. The maximum absolute atomic E-state index is 6.09. The molecule has 3 heteroatoms. The molecule has 0 saturated carbocycles. The van der Waals surface area contributed by atoms with E-state index in [-0.39, 0.29) is 0 Å². The van der Waals surface area contributed by atoms with Gasteiger partial charge in [-0.15, -0.1) is 0 Å². The first kappa shape index (κ1) is 14.2. The molecule has 0 aromatic carbocycles. The molecule has 0 aromatic rings. The van der Waals surface area contributed by atoms with Crippen molar-refractivity contribution in [1.29, 1.82) is 0 Å². The van der Waals surface area contributed by atoms with Gasteiger partial charge in [-0.05, 0) is 0 Å². The van der Waals surface area contributed by atoms with Gasteiger partial charge < -0.3 is 0 Å². The first-order valence-electron chi connectivity index (χ1n) is 6.21. The molecule has 0 fully saturated rings. The molecule has 1 aliphatic carbocycles. The van der Waals surface area contributed by atoms with E-state index in [1.807, 2.05) is 0 Å². The van der Waals surface area contributed by atoms with Crippen molar-refractivity contribution in [2.75, 3.05) is 0 Å². The number of hydrogen-bond donors (Lipinski definition) is 0. The third-order valence-corrected chi connectivity index (χ3v) is 4.08. The van der Waals surface area contributed by atoms with Gasteiger partial charge in [0.15, 0.2) is 0 Å². The average molecular weight is 230 g/mol. The van der Waals surface area contributed by atoms with E-state index in [4.69, 9.17) is 4.43 Å². The Morgan fingerprint density at radius 3 is 2.00 bits per heavy atom. The molecule has 0 bridgehead atoms. The zero-order valence-electron chi connectivity index (χ0n) is 12.1. The third kappa shape index (κ3) is 2.67. The van der Waals surface area contributed by atoms with E-state index in [1.165, 1.54) is 21.2 Å². The van der Waals surface area contributed by atoms with Crippen LogP contribution in [0.1, 0.15) is 34.6 Å². The summed E-state index contributed by atoms with van der Waals surface area (Å²) in [6, 6.07) is 0. The zero-order chi connectivity index (χ0) is 12.7. The van der Waals surface area contributed by atoms with E-state index in [2.05, 4.69) is 65.4 Å². The fourth-order valence-corrected chi connectivity index (χ4v) is 3.70. The molecular weight excluding hydrogens is 207 g/mol. The Morgan fingerprint density at radius 1 is 1.19 bits per heavy atom. The van der Waals surface area contributed by atoms with Gasteiger partial charge >= 0.3 is 111 Å². The molecule has 1 aliphatic rings. The summed E-state index contributed by atoms with van der Waals surface area (Å²) in [5, 5.41) is 0. The van der Waals surface area contributed by atoms with E-state index < -0.39 is 9.04 Å². The molecule has 1 unspecified atom stereocenters. The van der Waals surface area contributed by atoms with Gasteiger partial charge in [0.1, 0.15) is 0 Å². The predicted molar refractivity (Wildman–Crippen MR) is 74.1 cm³/mol. The van der Waals surface area contributed by atoms with E-state index >= 15 is 0 Å². The molecule has 0 aliphatic heterocycles. The van der Waals surface area contributed by atoms with Crippen LogP contribution in [0.3, 0.4) is 0 Å². The fraction of sp³-hybridized carbons (Fsp3) is 0.692. The minimum absolute atomic E-state index is 0.291. The second-order valence-electron chi connectivity index (χ2n) is 6.29. The van der Waals surface area contributed by atoms with Crippen LogP contribution in [0.4, 0.5) is 0 Å². The first-order chi connectivity index (χ1) is 7.16. The molecule has 86 valence electrons. The van der Waals surface area contributed by atoms with Gasteiger partial charge in [-0.1, -0.05) is 0 Å². The number of rotatable bonds is 2. The Morgan fingerprint density at radius 2 is 1.69 bits per heavy atom. The van der Waals surface area contributed by atoms with Gasteiger partial charge in [-0.2, -0.15) is 0 Å². The molecule has 0 N–H and O–H groups in total. The molecule has 0 heterocycles. The quantitative estimate of drug-likeness (QED) is 0.661. The molecule has 0 radical (unpaired) electrons. The number of hydrogen-bond acceptors (Lipinski definition) is 1. The normalized spacial score (nSPS) is 22.5. The van der Waals surface area contributed by atoms with Crippen molar-refractivity contribution in [2.24, 2.45) is 11.3 Å². The van der Waals surface area contributed by atoms with Gasteiger partial charge in [0.25, 0.3) is 0 Å². The van der Waals surface area contributed by atoms with Crippen molar-refractivity contribution in [2.45, 2.75) is 47.7 Å². The van der Waals surface area contributed by atoms with Crippen LogP contribution in [0.2, 0.25) is 13.1 Å². The maximum atomic E-state index is 6.09. The average Bonchev–Trinajstić information content (AvgIpc) is 2.28. The Labute approximate surface area is 111 Å². The third-order valence-electron chi connectivity index (χ3n) is 3.38. The van der Waals surface area contributed by atoms with Crippen LogP contribution in [0.5, 0.6) is 0 Å². The fourth-order valence-electron chi connectivity index (χ4n) is 2.86.